The van der Waals surface area contributed by atoms with Crippen LogP contribution in [0.1, 0.15) is 12.6 Å². The molecule has 4 heteroatoms. The highest BCUT2D eigenvalue weighted by Gasteiger charge is 2.19. The molecule has 100 valence electrons. The minimum atomic E-state index is 0.262. The van der Waals surface area contributed by atoms with E-state index in [0.29, 0.717) is 0 Å². The maximum absolute atomic E-state index is 5.92. The summed E-state index contributed by atoms with van der Waals surface area (Å²) in [5.41, 5.74) is 9.94. The van der Waals surface area contributed by atoms with E-state index in [0.717, 1.165) is 42.0 Å². The van der Waals surface area contributed by atoms with Crippen molar-refractivity contribution in [2.75, 3.05) is 30.3 Å². The number of nitrogens with two attached hydrogens (primary N) is 1. The second-order valence-electron chi connectivity index (χ2n) is 5.19. The van der Waals surface area contributed by atoms with Gasteiger partial charge in [0.15, 0.2) is 0 Å². The smallest absolute Gasteiger partial charge is 0.0727 e. The van der Waals surface area contributed by atoms with Crippen LogP contribution in [0.25, 0.3) is 10.9 Å². The predicted molar refractivity (Wildman–Crippen MR) is 78.5 cm³/mol. The zero-order valence-corrected chi connectivity index (χ0v) is 11.4. The summed E-state index contributed by atoms with van der Waals surface area (Å²) in [5, 5.41) is 1.12. The lowest BCUT2D eigenvalue weighted by Gasteiger charge is -2.33. The molecular weight excluding hydrogens is 238 g/mol. The molecule has 0 radical (unpaired) electrons. The highest BCUT2D eigenvalue weighted by Crippen LogP contribution is 2.29. The Bertz CT molecular complexity index is 612. The molecule has 1 unspecified atom stereocenters. The molecule has 1 fully saturated rings. The van der Waals surface area contributed by atoms with Gasteiger partial charge in [-0.25, -0.2) is 0 Å². The average Bonchev–Trinajstić information content (AvgIpc) is 2.38. The molecule has 2 aromatic rings. The summed E-state index contributed by atoms with van der Waals surface area (Å²) >= 11 is 0. The summed E-state index contributed by atoms with van der Waals surface area (Å²) in [7, 11) is 0. The van der Waals surface area contributed by atoms with Crippen molar-refractivity contribution in [2.45, 2.75) is 20.0 Å². The Hall–Kier alpha value is -1.81. The summed E-state index contributed by atoms with van der Waals surface area (Å²) < 4.78 is 5.61. The molecule has 0 bridgehead atoms. The number of pyridine rings is 1. The number of hydrogen-bond acceptors (Lipinski definition) is 4. The average molecular weight is 257 g/mol. The van der Waals surface area contributed by atoms with E-state index in [9.17, 15) is 0 Å². The highest BCUT2D eigenvalue weighted by molar-refractivity contribution is 5.94. The van der Waals surface area contributed by atoms with Crippen molar-refractivity contribution in [2.24, 2.45) is 0 Å². The first-order chi connectivity index (χ1) is 9.13. The van der Waals surface area contributed by atoms with Crippen molar-refractivity contribution >= 4 is 22.3 Å². The molecule has 1 aliphatic heterocycles. The lowest BCUT2D eigenvalue weighted by atomic mass is 10.1. The lowest BCUT2D eigenvalue weighted by molar-refractivity contribution is 0.0533. The van der Waals surface area contributed by atoms with Crippen LogP contribution in [-0.4, -0.2) is 30.8 Å². The number of anilines is 2. The van der Waals surface area contributed by atoms with Crippen molar-refractivity contribution in [3.8, 4) is 0 Å². The quantitative estimate of drug-likeness (QED) is 0.797. The van der Waals surface area contributed by atoms with E-state index in [2.05, 4.69) is 22.9 Å². The molecule has 3 rings (SSSR count). The fourth-order valence-electron chi connectivity index (χ4n) is 2.65. The van der Waals surface area contributed by atoms with Crippen molar-refractivity contribution in [1.82, 2.24) is 4.98 Å². The molecule has 0 amide bonds. The molecule has 0 aliphatic carbocycles. The molecule has 1 aliphatic rings. The van der Waals surface area contributed by atoms with Gasteiger partial charge in [0, 0.05) is 35.5 Å². The number of nitrogen functional groups attached to an aromatic ring is 1. The van der Waals surface area contributed by atoms with Gasteiger partial charge in [0.1, 0.15) is 0 Å². The van der Waals surface area contributed by atoms with Gasteiger partial charge in [-0.05, 0) is 38.1 Å². The van der Waals surface area contributed by atoms with Crippen LogP contribution in [0, 0.1) is 6.92 Å². The van der Waals surface area contributed by atoms with Gasteiger partial charge in [0.2, 0.25) is 0 Å². The zero-order chi connectivity index (χ0) is 13.4. The third-order valence-corrected chi connectivity index (χ3v) is 3.52. The number of benzene rings is 1. The number of hydrogen-bond donors (Lipinski definition) is 1. The van der Waals surface area contributed by atoms with Crippen LogP contribution in [0.5, 0.6) is 0 Å². The van der Waals surface area contributed by atoms with Gasteiger partial charge < -0.3 is 15.4 Å². The predicted octanol–water partition coefficient (Wildman–Crippen LogP) is 2.35. The van der Waals surface area contributed by atoms with E-state index < -0.39 is 0 Å². The first kappa shape index (κ1) is 12.2. The number of fused-ring (bicyclic) bond motifs is 1. The van der Waals surface area contributed by atoms with E-state index in [4.69, 9.17) is 10.5 Å². The third kappa shape index (κ3) is 2.36. The van der Waals surface area contributed by atoms with E-state index in [-0.39, 0.29) is 6.10 Å². The zero-order valence-electron chi connectivity index (χ0n) is 11.4. The second kappa shape index (κ2) is 4.70. The highest BCUT2D eigenvalue weighted by atomic mass is 16.5. The van der Waals surface area contributed by atoms with Crippen molar-refractivity contribution in [3.63, 3.8) is 0 Å². The summed E-state index contributed by atoms with van der Waals surface area (Å²) in [5.74, 6) is 0. The normalized spacial score (nSPS) is 19.9. The summed E-state index contributed by atoms with van der Waals surface area (Å²) in [6.45, 7) is 6.73. The van der Waals surface area contributed by atoms with E-state index >= 15 is 0 Å². The Balaban J connectivity index is 2.13. The molecule has 0 spiro atoms. The molecule has 1 aromatic carbocycles. The maximum Gasteiger partial charge on any atom is 0.0727 e. The van der Waals surface area contributed by atoms with Gasteiger partial charge in [-0.15, -0.1) is 0 Å². The van der Waals surface area contributed by atoms with Crippen LogP contribution >= 0.6 is 0 Å². The number of rotatable bonds is 1. The van der Waals surface area contributed by atoms with Gasteiger partial charge in [0.05, 0.1) is 18.2 Å². The Morgan fingerprint density at radius 1 is 1.37 bits per heavy atom. The molecule has 0 saturated carbocycles. The maximum atomic E-state index is 5.92. The topological polar surface area (TPSA) is 51.4 Å². The number of nitrogens with zero attached hydrogens (tertiary/aromatic N) is 2. The number of ether oxygens (including phenoxy) is 1. The van der Waals surface area contributed by atoms with Crippen LogP contribution in [-0.2, 0) is 4.74 Å². The fourth-order valence-corrected chi connectivity index (χ4v) is 2.65. The Morgan fingerprint density at radius 2 is 2.21 bits per heavy atom. The Kier molecular flexibility index (Phi) is 3.03. The summed E-state index contributed by atoms with van der Waals surface area (Å²) in [4.78, 5) is 6.94. The monoisotopic (exact) mass is 257 g/mol. The molecule has 19 heavy (non-hydrogen) atoms. The minimum Gasteiger partial charge on any atom is -0.399 e. The van der Waals surface area contributed by atoms with Gasteiger partial charge in [0.25, 0.3) is 0 Å². The van der Waals surface area contributed by atoms with E-state index in [1.165, 1.54) is 5.69 Å². The molecule has 4 nitrogen and oxygen atoms in total. The number of aromatic nitrogens is 1. The summed E-state index contributed by atoms with van der Waals surface area (Å²) in [6, 6.07) is 8.04. The first-order valence-corrected chi connectivity index (χ1v) is 6.67. The Labute approximate surface area is 113 Å². The van der Waals surface area contributed by atoms with Gasteiger partial charge >= 0.3 is 0 Å². The van der Waals surface area contributed by atoms with Gasteiger partial charge in [-0.1, -0.05) is 0 Å². The van der Waals surface area contributed by atoms with Crippen molar-refractivity contribution in [1.29, 1.82) is 0 Å². The Morgan fingerprint density at radius 3 is 3.00 bits per heavy atom. The number of morpholine rings is 1. The van der Waals surface area contributed by atoms with E-state index in [1.807, 2.05) is 25.1 Å². The first-order valence-electron chi connectivity index (χ1n) is 6.67. The molecular formula is C15H19N3O. The molecule has 1 saturated heterocycles. The van der Waals surface area contributed by atoms with Crippen molar-refractivity contribution < 1.29 is 4.74 Å². The van der Waals surface area contributed by atoms with Crippen LogP contribution in [0.15, 0.2) is 24.3 Å². The lowest BCUT2D eigenvalue weighted by Crippen LogP contribution is -2.41. The third-order valence-electron chi connectivity index (χ3n) is 3.52. The van der Waals surface area contributed by atoms with Gasteiger partial charge in [-0.3, -0.25) is 4.98 Å². The molecule has 2 heterocycles. The van der Waals surface area contributed by atoms with Crippen molar-refractivity contribution in [3.05, 3.63) is 30.0 Å². The standard InChI is InChI=1S/C15H19N3O/c1-10-7-15(18-5-6-19-11(2)9-18)13-8-12(16)3-4-14(13)17-10/h3-4,7-8,11H,5-6,9,16H2,1-2H3. The van der Waals surface area contributed by atoms with Gasteiger partial charge in [-0.2, -0.15) is 0 Å². The largest absolute Gasteiger partial charge is 0.399 e. The van der Waals surface area contributed by atoms with Crippen LogP contribution in [0.3, 0.4) is 0 Å². The molecule has 1 aromatic heterocycles. The second-order valence-corrected chi connectivity index (χ2v) is 5.19. The number of aryl methyl sites for hydroxylation is 1. The molecule has 2 N–H and O–H groups in total. The molecule has 1 atom stereocenters. The van der Waals surface area contributed by atoms with Crippen LogP contribution in [0.4, 0.5) is 11.4 Å². The van der Waals surface area contributed by atoms with Crippen LogP contribution in [0.2, 0.25) is 0 Å². The van der Waals surface area contributed by atoms with E-state index in [1.54, 1.807) is 0 Å². The minimum absolute atomic E-state index is 0.262. The summed E-state index contributed by atoms with van der Waals surface area (Å²) in [6.07, 6.45) is 0.262. The van der Waals surface area contributed by atoms with Crippen LogP contribution < -0.4 is 10.6 Å². The fraction of sp³-hybridized carbons (Fsp3) is 0.400. The SMILES string of the molecule is Cc1cc(N2CCOC(C)C2)c2cc(N)ccc2n1.